The van der Waals surface area contributed by atoms with Crippen LogP contribution in [0.15, 0.2) is 47.9 Å². The van der Waals surface area contributed by atoms with E-state index in [-0.39, 0.29) is 11.7 Å². The van der Waals surface area contributed by atoms with Gasteiger partial charge < -0.3 is 16.0 Å². The van der Waals surface area contributed by atoms with E-state index < -0.39 is 0 Å². The number of carbonyl (C=O) groups is 1. The first-order valence-corrected chi connectivity index (χ1v) is 10.8. The van der Waals surface area contributed by atoms with Gasteiger partial charge >= 0.3 is 0 Å². The minimum absolute atomic E-state index is 0.170. The summed E-state index contributed by atoms with van der Waals surface area (Å²) in [6, 6.07) is 11.0. The molecule has 0 bridgehead atoms. The van der Waals surface area contributed by atoms with Gasteiger partial charge in [0.05, 0.1) is 11.2 Å². The predicted molar refractivity (Wildman–Crippen MR) is 125 cm³/mol. The molecule has 0 aliphatic rings. The van der Waals surface area contributed by atoms with E-state index in [1.54, 1.807) is 12.1 Å². The Morgan fingerprint density at radius 1 is 1.23 bits per heavy atom. The standard InChI is InChI=1S/C24H23FN4OS/c1-14-3-9-19(25)23-22(14)18(15(2)28-23)11-12-27-21(30)10-6-16-4-7-17(8-5-16)20-13-31-24(26)29-20/h3-10,13,28H,11-12H2,1-2H3,(H2,26,29)(H,27,30). The topological polar surface area (TPSA) is 83.8 Å². The first-order valence-electron chi connectivity index (χ1n) is 9.96. The highest BCUT2D eigenvalue weighted by Crippen LogP contribution is 2.28. The second kappa shape index (κ2) is 8.73. The van der Waals surface area contributed by atoms with Crippen LogP contribution in [0.5, 0.6) is 0 Å². The van der Waals surface area contributed by atoms with E-state index in [9.17, 15) is 9.18 Å². The largest absolute Gasteiger partial charge is 0.375 e. The minimum atomic E-state index is -0.258. The molecule has 4 N–H and O–H groups in total. The number of fused-ring (bicyclic) bond motifs is 1. The summed E-state index contributed by atoms with van der Waals surface area (Å²) in [5.41, 5.74) is 11.9. The predicted octanol–water partition coefficient (Wildman–Crippen LogP) is 5.00. The molecule has 0 atom stereocenters. The third-order valence-electron chi connectivity index (χ3n) is 5.26. The molecule has 1 amide bonds. The van der Waals surface area contributed by atoms with Crippen LogP contribution in [0.25, 0.3) is 28.2 Å². The van der Waals surface area contributed by atoms with Gasteiger partial charge in [0.2, 0.25) is 5.91 Å². The summed E-state index contributed by atoms with van der Waals surface area (Å²) in [5, 5.41) is 6.26. The number of aromatic nitrogens is 2. The highest BCUT2D eigenvalue weighted by atomic mass is 32.1. The quantitative estimate of drug-likeness (QED) is 0.373. The Hall–Kier alpha value is -3.45. The number of nitrogens with two attached hydrogens (primary N) is 1. The first kappa shape index (κ1) is 20.8. The number of H-pyrrole nitrogens is 1. The van der Waals surface area contributed by atoms with E-state index in [2.05, 4.69) is 15.3 Å². The van der Waals surface area contributed by atoms with Gasteiger partial charge in [-0.05, 0) is 49.1 Å². The zero-order chi connectivity index (χ0) is 22.0. The van der Waals surface area contributed by atoms with Crippen LogP contribution >= 0.6 is 11.3 Å². The summed E-state index contributed by atoms with van der Waals surface area (Å²) in [7, 11) is 0. The number of hydrogen-bond acceptors (Lipinski definition) is 4. The number of halogens is 1. The van der Waals surface area contributed by atoms with Crippen molar-refractivity contribution in [1.29, 1.82) is 0 Å². The van der Waals surface area contributed by atoms with Crippen LogP contribution in [0, 0.1) is 19.7 Å². The number of anilines is 1. The van der Waals surface area contributed by atoms with E-state index in [4.69, 9.17) is 5.73 Å². The molecule has 0 unspecified atom stereocenters. The average Bonchev–Trinajstić information content (AvgIpc) is 3.34. The Bertz CT molecular complexity index is 1270. The van der Waals surface area contributed by atoms with E-state index in [0.717, 1.165) is 39.0 Å². The molecule has 0 saturated carbocycles. The zero-order valence-corrected chi connectivity index (χ0v) is 18.1. The van der Waals surface area contributed by atoms with E-state index in [0.29, 0.717) is 23.6 Å². The average molecular weight is 435 g/mol. The summed E-state index contributed by atoms with van der Waals surface area (Å²) in [5.74, 6) is -0.428. The smallest absolute Gasteiger partial charge is 0.244 e. The van der Waals surface area contributed by atoms with Gasteiger partial charge in [0.15, 0.2) is 5.13 Å². The summed E-state index contributed by atoms with van der Waals surface area (Å²) in [6.07, 6.45) is 3.91. The van der Waals surface area contributed by atoms with Crippen LogP contribution in [0.3, 0.4) is 0 Å². The van der Waals surface area contributed by atoms with Crippen molar-refractivity contribution < 1.29 is 9.18 Å². The molecule has 0 saturated heterocycles. The Balaban J connectivity index is 1.36. The van der Waals surface area contributed by atoms with Crippen LogP contribution in [-0.4, -0.2) is 22.4 Å². The lowest BCUT2D eigenvalue weighted by Gasteiger charge is -2.05. The van der Waals surface area contributed by atoms with Crippen LogP contribution < -0.4 is 11.1 Å². The molecule has 0 aliphatic carbocycles. The number of nitrogens with one attached hydrogen (secondary N) is 2. The molecular formula is C24H23FN4OS. The normalized spacial score (nSPS) is 11.5. The second-order valence-electron chi connectivity index (χ2n) is 7.41. The number of aromatic amines is 1. The summed E-state index contributed by atoms with van der Waals surface area (Å²) < 4.78 is 14.1. The lowest BCUT2D eigenvalue weighted by Crippen LogP contribution is -2.23. The molecule has 4 rings (SSSR count). The fraction of sp³-hybridized carbons (Fsp3) is 0.167. The van der Waals surface area contributed by atoms with E-state index >= 15 is 0 Å². The van der Waals surface area contributed by atoms with Gasteiger partial charge in [-0.1, -0.05) is 30.3 Å². The monoisotopic (exact) mass is 434 g/mol. The van der Waals surface area contributed by atoms with Gasteiger partial charge in [-0.15, -0.1) is 11.3 Å². The Labute approximate surface area is 183 Å². The maximum Gasteiger partial charge on any atom is 0.244 e. The van der Waals surface area contributed by atoms with Gasteiger partial charge in [0.25, 0.3) is 0 Å². The number of carbonyl (C=O) groups excluding carboxylic acids is 1. The highest BCUT2D eigenvalue weighted by Gasteiger charge is 2.13. The second-order valence-corrected chi connectivity index (χ2v) is 8.30. The van der Waals surface area contributed by atoms with Crippen molar-refractivity contribution in [3.05, 3.63) is 76.1 Å². The van der Waals surface area contributed by atoms with Crippen molar-refractivity contribution >= 4 is 39.4 Å². The van der Waals surface area contributed by atoms with Crippen molar-refractivity contribution in [3.8, 4) is 11.3 Å². The van der Waals surface area contributed by atoms with Crippen molar-refractivity contribution in [1.82, 2.24) is 15.3 Å². The third-order valence-corrected chi connectivity index (χ3v) is 5.93. The summed E-state index contributed by atoms with van der Waals surface area (Å²) in [4.78, 5) is 19.6. The molecule has 4 aromatic rings. The number of aryl methyl sites for hydroxylation is 2. The molecular weight excluding hydrogens is 411 g/mol. The molecule has 5 nitrogen and oxygen atoms in total. The molecule has 0 aliphatic heterocycles. The Morgan fingerprint density at radius 2 is 2.00 bits per heavy atom. The SMILES string of the molecule is Cc1[nH]c2c(F)ccc(C)c2c1CCNC(=O)C=Cc1ccc(-c2csc(N)n2)cc1. The van der Waals surface area contributed by atoms with E-state index in [1.807, 2.05) is 43.5 Å². The number of hydrogen-bond donors (Lipinski definition) is 3. The fourth-order valence-electron chi connectivity index (χ4n) is 3.68. The molecule has 2 aromatic heterocycles. The lowest BCUT2D eigenvalue weighted by atomic mass is 10.0. The van der Waals surface area contributed by atoms with Gasteiger partial charge in [-0.2, -0.15) is 0 Å². The molecule has 7 heteroatoms. The Morgan fingerprint density at radius 3 is 2.71 bits per heavy atom. The maximum atomic E-state index is 14.1. The summed E-state index contributed by atoms with van der Waals surface area (Å²) >= 11 is 1.41. The van der Waals surface area contributed by atoms with Gasteiger partial charge in [-0.25, -0.2) is 9.37 Å². The number of thiazole rings is 1. The number of nitrogen functional groups attached to an aromatic ring is 1. The minimum Gasteiger partial charge on any atom is -0.375 e. The molecule has 0 radical (unpaired) electrons. The van der Waals surface area contributed by atoms with Gasteiger partial charge in [0, 0.05) is 34.6 Å². The number of nitrogens with zero attached hydrogens (tertiary/aromatic N) is 1. The van der Waals surface area contributed by atoms with Gasteiger partial charge in [0.1, 0.15) is 5.82 Å². The number of amides is 1. The number of rotatable bonds is 6. The van der Waals surface area contributed by atoms with Gasteiger partial charge in [-0.3, -0.25) is 4.79 Å². The highest BCUT2D eigenvalue weighted by molar-refractivity contribution is 7.13. The van der Waals surface area contributed by atoms with Crippen molar-refractivity contribution in [2.45, 2.75) is 20.3 Å². The lowest BCUT2D eigenvalue weighted by molar-refractivity contribution is -0.116. The van der Waals surface area contributed by atoms with Crippen molar-refractivity contribution in [2.75, 3.05) is 12.3 Å². The van der Waals surface area contributed by atoms with Crippen LogP contribution in [0.1, 0.15) is 22.4 Å². The Kier molecular flexibility index (Phi) is 5.86. The van der Waals surface area contributed by atoms with Crippen molar-refractivity contribution in [3.63, 3.8) is 0 Å². The molecule has 2 aromatic carbocycles. The van der Waals surface area contributed by atoms with Crippen LogP contribution in [0.2, 0.25) is 0 Å². The fourth-order valence-corrected chi connectivity index (χ4v) is 4.25. The molecule has 0 fully saturated rings. The molecule has 158 valence electrons. The summed E-state index contributed by atoms with van der Waals surface area (Å²) in [6.45, 7) is 4.37. The number of benzene rings is 2. The maximum absolute atomic E-state index is 14.1. The molecule has 31 heavy (non-hydrogen) atoms. The van der Waals surface area contributed by atoms with E-state index in [1.165, 1.54) is 23.5 Å². The van der Waals surface area contributed by atoms with Crippen molar-refractivity contribution in [2.24, 2.45) is 0 Å². The third kappa shape index (κ3) is 4.51. The first-order chi connectivity index (χ1) is 14.9. The zero-order valence-electron chi connectivity index (χ0n) is 17.3. The molecule has 2 heterocycles. The van der Waals surface area contributed by atoms with Crippen LogP contribution in [-0.2, 0) is 11.2 Å². The van der Waals surface area contributed by atoms with Crippen LogP contribution in [0.4, 0.5) is 9.52 Å². The molecule has 0 spiro atoms.